The van der Waals surface area contributed by atoms with Crippen LogP contribution in [0.2, 0.25) is 0 Å². The molecule has 3 nitrogen and oxygen atoms in total. The van der Waals surface area contributed by atoms with Crippen LogP contribution in [-0.4, -0.2) is 19.7 Å². The Kier molecular flexibility index (Phi) is 3.68. The fraction of sp³-hybridized carbons (Fsp3) is 0.167. The maximum absolute atomic E-state index is 14.7. The summed E-state index contributed by atoms with van der Waals surface area (Å²) in [6, 6.07) is 11.9. The quantitative estimate of drug-likeness (QED) is 0.712. The number of fused-ring (bicyclic) bond motifs is 1. The molecule has 0 aliphatic heterocycles. The molecule has 0 spiro atoms. The van der Waals surface area contributed by atoms with Gasteiger partial charge in [0.1, 0.15) is 5.82 Å². The van der Waals surface area contributed by atoms with Crippen molar-refractivity contribution in [3.63, 3.8) is 0 Å². The third-order valence-corrected chi connectivity index (χ3v) is 5.00. The van der Waals surface area contributed by atoms with Gasteiger partial charge in [0.05, 0.1) is 16.1 Å². The molecule has 0 N–H and O–H groups in total. The summed E-state index contributed by atoms with van der Waals surface area (Å²) in [6.07, 6.45) is 1.15. The summed E-state index contributed by atoms with van der Waals surface area (Å²) in [5.41, 5.74) is 2.55. The van der Waals surface area contributed by atoms with Gasteiger partial charge in [0.2, 0.25) is 0 Å². The zero-order chi connectivity index (χ0) is 16.8. The topological polar surface area (TPSA) is 47.0 Å². The molecule has 0 aliphatic rings. The third kappa shape index (κ3) is 2.72. The lowest BCUT2D eigenvalue weighted by Crippen LogP contribution is -2.03. The van der Waals surface area contributed by atoms with E-state index in [-0.39, 0.29) is 10.7 Å². The maximum atomic E-state index is 14.7. The fourth-order valence-electron chi connectivity index (χ4n) is 2.68. The van der Waals surface area contributed by atoms with Gasteiger partial charge in [-0.3, -0.25) is 0 Å². The molecular weight excluding hydrogens is 313 g/mol. The molecule has 0 amide bonds. The first-order valence-electron chi connectivity index (χ1n) is 7.15. The summed E-state index contributed by atoms with van der Waals surface area (Å²) >= 11 is 0. The minimum atomic E-state index is -3.44. The van der Waals surface area contributed by atoms with Crippen LogP contribution in [0.15, 0.2) is 47.4 Å². The molecule has 118 valence electrons. The molecule has 1 heterocycles. The van der Waals surface area contributed by atoms with E-state index in [1.807, 2.05) is 6.92 Å². The van der Waals surface area contributed by atoms with E-state index in [0.717, 1.165) is 11.8 Å². The molecule has 3 aromatic rings. The first-order valence-corrected chi connectivity index (χ1v) is 9.04. The Morgan fingerprint density at radius 1 is 1.04 bits per heavy atom. The van der Waals surface area contributed by atoms with E-state index in [4.69, 9.17) is 0 Å². The normalized spacial score (nSPS) is 11.8. The molecule has 2 aromatic carbocycles. The van der Waals surface area contributed by atoms with Crippen LogP contribution in [0.25, 0.3) is 22.2 Å². The second kappa shape index (κ2) is 5.42. The lowest BCUT2D eigenvalue weighted by molar-refractivity contribution is 0.602. The van der Waals surface area contributed by atoms with Crippen molar-refractivity contribution in [2.45, 2.75) is 18.7 Å². The van der Waals surface area contributed by atoms with E-state index in [2.05, 4.69) is 4.98 Å². The summed E-state index contributed by atoms with van der Waals surface area (Å²) in [7, 11) is -3.44. The Labute approximate surface area is 134 Å². The first-order chi connectivity index (χ1) is 10.8. The van der Waals surface area contributed by atoms with Gasteiger partial charge in [0.15, 0.2) is 9.84 Å². The molecule has 0 saturated carbocycles. The number of aromatic nitrogens is 1. The highest BCUT2D eigenvalue weighted by molar-refractivity contribution is 7.90. The van der Waals surface area contributed by atoms with Crippen LogP contribution in [-0.2, 0) is 9.84 Å². The Morgan fingerprint density at radius 3 is 2.43 bits per heavy atom. The maximum Gasteiger partial charge on any atom is 0.176 e. The van der Waals surface area contributed by atoms with Crippen molar-refractivity contribution in [3.8, 4) is 11.3 Å². The van der Waals surface area contributed by atoms with Crippen LogP contribution in [0.5, 0.6) is 0 Å². The summed E-state index contributed by atoms with van der Waals surface area (Å²) in [6.45, 7) is 3.49. The molecule has 1 aromatic heterocycles. The van der Waals surface area contributed by atoms with Crippen LogP contribution < -0.4 is 0 Å². The monoisotopic (exact) mass is 329 g/mol. The zero-order valence-electron chi connectivity index (χ0n) is 13.1. The second-order valence-corrected chi connectivity index (χ2v) is 7.67. The van der Waals surface area contributed by atoms with Crippen LogP contribution in [0.3, 0.4) is 0 Å². The van der Waals surface area contributed by atoms with Crippen LogP contribution in [0.4, 0.5) is 4.39 Å². The van der Waals surface area contributed by atoms with Gasteiger partial charge in [-0.25, -0.2) is 17.8 Å². The SMILES string of the molecule is Cc1ccc(S(C)(=O)=O)c(-c2nc3ccccc3c(F)c2C)c1. The average molecular weight is 329 g/mol. The van der Waals surface area contributed by atoms with E-state index >= 15 is 0 Å². The van der Waals surface area contributed by atoms with Gasteiger partial charge < -0.3 is 0 Å². The smallest absolute Gasteiger partial charge is 0.176 e. The summed E-state index contributed by atoms with van der Waals surface area (Å²) in [4.78, 5) is 4.68. The predicted molar refractivity (Wildman–Crippen MR) is 89.7 cm³/mol. The second-order valence-electron chi connectivity index (χ2n) is 5.69. The Bertz CT molecular complexity index is 1030. The summed E-state index contributed by atoms with van der Waals surface area (Å²) < 4.78 is 38.8. The molecule has 3 rings (SSSR count). The van der Waals surface area contributed by atoms with Crippen LogP contribution >= 0.6 is 0 Å². The number of hydrogen-bond donors (Lipinski definition) is 0. The van der Waals surface area contributed by atoms with Crippen molar-refractivity contribution >= 4 is 20.7 Å². The standard InChI is InChI=1S/C18H16FNO2S/c1-11-8-9-16(23(3,21)22)14(10-11)18-12(2)17(19)13-6-4-5-7-15(13)20-18/h4-10H,1-3H3. The highest BCUT2D eigenvalue weighted by Crippen LogP contribution is 2.33. The largest absolute Gasteiger partial charge is 0.247 e. The molecule has 0 saturated heterocycles. The third-order valence-electron chi connectivity index (χ3n) is 3.85. The van der Waals surface area contributed by atoms with Crippen molar-refractivity contribution in [1.82, 2.24) is 4.98 Å². The first kappa shape index (κ1) is 15.6. The molecule has 5 heteroatoms. The van der Waals surface area contributed by atoms with Gasteiger partial charge in [-0.2, -0.15) is 0 Å². The Hall–Kier alpha value is -2.27. The van der Waals surface area contributed by atoms with Crippen LogP contribution in [0.1, 0.15) is 11.1 Å². The van der Waals surface area contributed by atoms with Gasteiger partial charge in [-0.05, 0) is 38.1 Å². The number of halogens is 1. The summed E-state index contributed by atoms with van der Waals surface area (Å²) in [5.74, 6) is -0.369. The number of pyridine rings is 1. The number of nitrogens with zero attached hydrogens (tertiary/aromatic N) is 1. The van der Waals surface area contributed by atoms with Gasteiger partial charge in [-0.1, -0.05) is 23.8 Å². The summed E-state index contributed by atoms with van der Waals surface area (Å²) in [5, 5.41) is 0.433. The van der Waals surface area contributed by atoms with Gasteiger partial charge in [-0.15, -0.1) is 0 Å². The lowest BCUT2D eigenvalue weighted by atomic mass is 10.0. The van der Waals surface area contributed by atoms with Crippen molar-refractivity contribution in [2.24, 2.45) is 0 Å². The lowest BCUT2D eigenvalue weighted by Gasteiger charge is -2.13. The van der Waals surface area contributed by atoms with Gasteiger partial charge in [0.25, 0.3) is 0 Å². The molecule has 0 radical (unpaired) electrons. The molecule has 0 fully saturated rings. The fourth-order valence-corrected chi connectivity index (χ4v) is 3.55. The number of sulfone groups is 1. The predicted octanol–water partition coefficient (Wildman–Crippen LogP) is 4.06. The molecular formula is C18H16FNO2S. The molecule has 0 aliphatic carbocycles. The molecule has 23 heavy (non-hydrogen) atoms. The number of para-hydroxylation sites is 1. The van der Waals surface area contributed by atoms with Crippen LogP contribution in [0, 0.1) is 19.7 Å². The van der Waals surface area contributed by atoms with Crippen molar-refractivity contribution in [3.05, 3.63) is 59.4 Å². The van der Waals surface area contributed by atoms with E-state index < -0.39 is 9.84 Å². The van der Waals surface area contributed by atoms with Gasteiger partial charge in [0, 0.05) is 22.8 Å². The minimum absolute atomic E-state index is 0.161. The van der Waals surface area contributed by atoms with Crippen molar-refractivity contribution in [1.29, 1.82) is 0 Å². The number of benzene rings is 2. The molecule has 0 bridgehead atoms. The molecule has 0 atom stereocenters. The zero-order valence-corrected chi connectivity index (χ0v) is 13.9. The van der Waals surface area contributed by atoms with E-state index in [1.54, 1.807) is 49.4 Å². The Balaban J connectivity index is 2.42. The van der Waals surface area contributed by atoms with E-state index in [1.165, 1.54) is 0 Å². The molecule has 0 unspecified atom stereocenters. The minimum Gasteiger partial charge on any atom is -0.247 e. The average Bonchev–Trinajstić information content (AvgIpc) is 2.49. The van der Waals surface area contributed by atoms with E-state index in [9.17, 15) is 12.8 Å². The van der Waals surface area contributed by atoms with Crippen molar-refractivity contribution < 1.29 is 12.8 Å². The number of hydrogen-bond acceptors (Lipinski definition) is 3. The highest BCUT2D eigenvalue weighted by Gasteiger charge is 2.20. The number of rotatable bonds is 2. The van der Waals surface area contributed by atoms with Crippen molar-refractivity contribution in [2.75, 3.05) is 6.26 Å². The Morgan fingerprint density at radius 2 is 1.74 bits per heavy atom. The van der Waals surface area contributed by atoms with Gasteiger partial charge >= 0.3 is 0 Å². The van der Waals surface area contributed by atoms with E-state index in [0.29, 0.717) is 27.7 Å². The number of aryl methyl sites for hydroxylation is 1. The highest BCUT2D eigenvalue weighted by atomic mass is 32.2.